The Morgan fingerprint density at radius 1 is 1.55 bits per heavy atom. The third-order valence-corrected chi connectivity index (χ3v) is 1.83. The molecule has 0 radical (unpaired) electrons. The zero-order valence-electron chi connectivity index (χ0n) is 6.34. The number of hydrogen-bond acceptors (Lipinski definition) is 0. The van der Waals surface area contributed by atoms with Gasteiger partial charge in [-0.05, 0) is 24.6 Å². The SMILES string of the molecule is C#CC(C)c1cccc(Cl)c1. The van der Waals surface area contributed by atoms with Crippen LogP contribution in [0.15, 0.2) is 24.3 Å². The standard InChI is InChI=1S/C10H9Cl/c1-3-8(2)9-5-4-6-10(11)7-9/h1,4-8H,2H3. The van der Waals surface area contributed by atoms with Gasteiger partial charge in [0, 0.05) is 10.9 Å². The van der Waals surface area contributed by atoms with Crippen molar-refractivity contribution in [3.63, 3.8) is 0 Å². The summed E-state index contributed by atoms with van der Waals surface area (Å²) in [5.74, 6) is 2.80. The maximum Gasteiger partial charge on any atom is 0.0422 e. The average molecular weight is 165 g/mol. The van der Waals surface area contributed by atoms with Gasteiger partial charge < -0.3 is 0 Å². The molecule has 1 unspecified atom stereocenters. The lowest BCUT2D eigenvalue weighted by atomic mass is 10.0. The van der Waals surface area contributed by atoms with Gasteiger partial charge in [-0.15, -0.1) is 6.42 Å². The van der Waals surface area contributed by atoms with E-state index in [4.69, 9.17) is 18.0 Å². The van der Waals surface area contributed by atoms with E-state index in [1.54, 1.807) is 0 Å². The van der Waals surface area contributed by atoms with Crippen LogP contribution in [0.3, 0.4) is 0 Å². The van der Waals surface area contributed by atoms with Crippen LogP contribution in [0.4, 0.5) is 0 Å². The van der Waals surface area contributed by atoms with E-state index in [9.17, 15) is 0 Å². The molecule has 1 atom stereocenters. The van der Waals surface area contributed by atoms with E-state index in [1.807, 2.05) is 31.2 Å². The smallest absolute Gasteiger partial charge is 0.0422 e. The first-order valence-corrected chi connectivity index (χ1v) is 3.83. The van der Waals surface area contributed by atoms with Crippen molar-refractivity contribution >= 4 is 11.6 Å². The molecule has 0 fully saturated rings. The molecule has 0 aliphatic heterocycles. The molecule has 0 aromatic heterocycles. The normalized spacial score (nSPS) is 12.1. The van der Waals surface area contributed by atoms with Crippen LogP contribution < -0.4 is 0 Å². The molecule has 0 aliphatic rings. The van der Waals surface area contributed by atoms with Crippen LogP contribution in [0.25, 0.3) is 0 Å². The van der Waals surface area contributed by atoms with Crippen LogP contribution >= 0.6 is 11.6 Å². The van der Waals surface area contributed by atoms with Gasteiger partial charge in [0.25, 0.3) is 0 Å². The molecule has 0 bridgehead atoms. The Kier molecular flexibility index (Phi) is 2.57. The van der Waals surface area contributed by atoms with Gasteiger partial charge in [0.2, 0.25) is 0 Å². The van der Waals surface area contributed by atoms with Gasteiger partial charge in [0.1, 0.15) is 0 Å². The largest absolute Gasteiger partial charge is 0.119 e. The molecular formula is C10H9Cl. The predicted octanol–water partition coefficient (Wildman–Crippen LogP) is 3.08. The average Bonchev–Trinajstić information content (AvgIpc) is 2.03. The monoisotopic (exact) mass is 164 g/mol. The summed E-state index contributed by atoms with van der Waals surface area (Å²) in [5.41, 5.74) is 1.10. The second-order valence-electron chi connectivity index (χ2n) is 2.44. The maximum absolute atomic E-state index is 5.78. The molecule has 1 heteroatoms. The molecule has 0 spiro atoms. The number of benzene rings is 1. The first-order chi connectivity index (χ1) is 5.24. The summed E-state index contributed by atoms with van der Waals surface area (Å²) in [4.78, 5) is 0. The molecule has 0 saturated carbocycles. The minimum Gasteiger partial charge on any atom is -0.119 e. The second-order valence-corrected chi connectivity index (χ2v) is 2.88. The number of terminal acetylenes is 1. The highest BCUT2D eigenvalue weighted by atomic mass is 35.5. The van der Waals surface area contributed by atoms with Gasteiger partial charge in [0.15, 0.2) is 0 Å². The van der Waals surface area contributed by atoms with E-state index < -0.39 is 0 Å². The lowest BCUT2D eigenvalue weighted by Crippen LogP contribution is -1.87. The van der Waals surface area contributed by atoms with Crippen LogP contribution in [-0.4, -0.2) is 0 Å². The number of rotatable bonds is 1. The zero-order chi connectivity index (χ0) is 8.27. The molecule has 0 amide bonds. The zero-order valence-corrected chi connectivity index (χ0v) is 7.10. The van der Waals surface area contributed by atoms with Crippen LogP contribution in [-0.2, 0) is 0 Å². The lowest BCUT2D eigenvalue weighted by Gasteiger charge is -2.03. The Balaban J connectivity index is 2.98. The van der Waals surface area contributed by atoms with Crippen molar-refractivity contribution in [2.75, 3.05) is 0 Å². The van der Waals surface area contributed by atoms with Gasteiger partial charge in [-0.2, -0.15) is 0 Å². The molecule has 0 heterocycles. The highest BCUT2D eigenvalue weighted by molar-refractivity contribution is 6.30. The molecule has 0 N–H and O–H groups in total. The van der Waals surface area contributed by atoms with E-state index in [2.05, 4.69) is 5.92 Å². The first kappa shape index (κ1) is 8.17. The molecular weight excluding hydrogens is 156 g/mol. The quantitative estimate of drug-likeness (QED) is 0.560. The van der Waals surface area contributed by atoms with Crippen molar-refractivity contribution in [2.24, 2.45) is 0 Å². The molecule has 56 valence electrons. The van der Waals surface area contributed by atoms with E-state index in [1.165, 1.54) is 0 Å². The van der Waals surface area contributed by atoms with E-state index in [0.29, 0.717) is 0 Å². The second kappa shape index (κ2) is 3.46. The van der Waals surface area contributed by atoms with E-state index in [-0.39, 0.29) is 5.92 Å². The summed E-state index contributed by atoms with van der Waals surface area (Å²) in [6.45, 7) is 1.98. The lowest BCUT2D eigenvalue weighted by molar-refractivity contribution is 1.01. The molecule has 1 aromatic carbocycles. The van der Waals surface area contributed by atoms with Crippen molar-refractivity contribution in [3.05, 3.63) is 34.9 Å². The van der Waals surface area contributed by atoms with Gasteiger partial charge in [-0.25, -0.2) is 0 Å². The highest BCUT2D eigenvalue weighted by Crippen LogP contribution is 2.17. The Bertz CT molecular complexity index is 283. The molecule has 0 nitrogen and oxygen atoms in total. The summed E-state index contributed by atoms with van der Waals surface area (Å²) in [5, 5.41) is 0.740. The van der Waals surface area contributed by atoms with E-state index >= 15 is 0 Å². The minimum absolute atomic E-state index is 0.147. The van der Waals surface area contributed by atoms with Crippen molar-refractivity contribution in [2.45, 2.75) is 12.8 Å². The Morgan fingerprint density at radius 3 is 2.82 bits per heavy atom. The fourth-order valence-corrected chi connectivity index (χ4v) is 1.07. The molecule has 1 aromatic rings. The van der Waals surface area contributed by atoms with Crippen LogP contribution in [0.5, 0.6) is 0 Å². The summed E-state index contributed by atoms with van der Waals surface area (Å²) in [6.07, 6.45) is 5.26. The highest BCUT2D eigenvalue weighted by Gasteiger charge is 1.99. The Labute approximate surface area is 72.2 Å². The van der Waals surface area contributed by atoms with Crippen LogP contribution in [0.1, 0.15) is 18.4 Å². The summed E-state index contributed by atoms with van der Waals surface area (Å²) >= 11 is 5.78. The maximum atomic E-state index is 5.78. The summed E-state index contributed by atoms with van der Waals surface area (Å²) in [7, 11) is 0. The van der Waals surface area contributed by atoms with Crippen molar-refractivity contribution in [3.8, 4) is 12.3 Å². The fourth-order valence-electron chi connectivity index (χ4n) is 0.872. The molecule has 0 saturated heterocycles. The minimum atomic E-state index is 0.147. The van der Waals surface area contributed by atoms with Gasteiger partial charge in [-0.1, -0.05) is 29.7 Å². The predicted molar refractivity (Wildman–Crippen MR) is 48.7 cm³/mol. The van der Waals surface area contributed by atoms with Crippen molar-refractivity contribution in [1.29, 1.82) is 0 Å². The van der Waals surface area contributed by atoms with Gasteiger partial charge >= 0.3 is 0 Å². The molecule has 1 rings (SSSR count). The number of halogens is 1. The molecule has 11 heavy (non-hydrogen) atoms. The summed E-state index contributed by atoms with van der Waals surface area (Å²) < 4.78 is 0. The summed E-state index contributed by atoms with van der Waals surface area (Å²) in [6, 6.07) is 7.63. The Hall–Kier alpha value is -0.930. The third kappa shape index (κ3) is 2.00. The van der Waals surface area contributed by atoms with Crippen molar-refractivity contribution < 1.29 is 0 Å². The Morgan fingerprint density at radius 2 is 2.27 bits per heavy atom. The van der Waals surface area contributed by atoms with Gasteiger partial charge in [0.05, 0.1) is 0 Å². The third-order valence-electron chi connectivity index (χ3n) is 1.60. The fraction of sp³-hybridized carbons (Fsp3) is 0.200. The first-order valence-electron chi connectivity index (χ1n) is 3.45. The van der Waals surface area contributed by atoms with Crippen LogP contribution in [0.2, 0.25) is 5.02 Å². The topological polar surface area (TPSA) is 0 Å². The van der Waals surface area contributed by atoms with Crippen LogP contribution in [0, 0.1) is 12.3 Å². The van der Waals surface area contributed by atoms with Crippen molar-refractivity contribution in [1.82, 2.24) is 0 Å². The number of hydrogen-bond donors (Lipinski definition) is 0. The molecule has 0 aliphatic carbocycles. The van der Waals surface area contributed by atoms with E-state index in [0.717, 1.165) is 10.6 Å². The van der Waals surface area contributed by atoms with Gasteiger partial charge in [-0.3, -0.25) is 0 Å².